The van der Waals surface area contributed by atoms with E-state index in [9.17, 15) is 14.4 Å². The third kappa shape index (κ3) is 5.56. The molecule has 1 amide bonds. The van der Waals surface area contributed by atoms with Crippen molar-refractivity contribution in [3.05, 3.63) is 129 Å². The van der Waals surface area contributed by atoms with Crippen molar-refractivity contribution in [1.82, 2.24) is 4.98 Å². The van der Waals surface area contributed by atoms with Gasteiger partial charge in [0.25, 0.3) is 5.56 Å². The number of halogens is 2. The van der Waals surface area contributed by atoms with Crippen molar-refractivity contribution in [2.24, 2.45) is 5.92 Å². The summed E-state index contributed by atoms with van der Waals surface area (Å²) in [6.07, 6.45) is 1.37. The highest BCUT2D eigenvalue weighted by Gasteiger charge is 2.30. The van der Waals surface area contributed by atoms with Crippen LogP contribution in [0.25, 0.3) is 22.0 Å². The predicted molar refractivity (Wildman–Crippen MR) is 170 cm³/mol. The molecule has 6 nitrogen and oxygen atoms in total. The Labute approximate surface area is 252 Å². The smallest absolute Gasteiger partial charge is 0.272 e. The van der Waals surface area contributed by atoms with E-state index in [4.69, 9.17) is 23.2 Å². The molecule has 0 bridgehead atoms. The number of carbonyl (C=O) groups excluding carboxylic acids is 2. The van der Waals surface area contributed by atoms with Crippen LogP contribution in [0.15, 0.2) is 102 Å². The van der Waals surface area contributed by atoms with Crippen molar-refractivity contribution in [3.8, 4) is 11.1 Å². The standard InChI is InChI=1S/C34H27Cl2N3O3/c35-24-13-15-28-26(18-24)30(21-8-3-1-4-9-21)31(34(42)38-28)39-17-7-12-23(20-39)33(41)37-29-16-14-25(36)19-27(29)32(40)22-10-5-2-6-11-22/h1-6,8-11,13-16,18-19,23H,7,12,17,20H2,(H,37,41)(H,38,42)/t23-/m1/s1. The Balaban J connectivity index is 1.33. The Bertz CT molecular complexity index is 1860. The molecular formula is C34H27Cl2N3O3. The summed E-state index contributed by atoms with van der Waals surface area (Å²) in [4.78, 5) is 45.5. The van der Waals surface area contributed by atoms with Crippen LogP contribution in [0.5, 0.6) is 0 Å². The molecular weight excluding hydrogens is 569 g/mol. The summed E-state index contributed by atoms with van der Waals surface area (Å²) in [6.45, 7) is 0.966. The molecule has 5 aromatic rings. The maximum Gasteiger partial charge on any atom is 0.272 e. The van der Waals surface area contributed by atoms with Crippen molar-refractivity contribution in [1.29, 1.82) is 0 Å². The molecule has 0 aliphatic carbocycles. The molecule has 1 atom stereocenters. The number of anilines is 2. The van der Waals surface area contributed by atoms with E-state index in [1.54, 1.807) is 48.5 Å². The second-order valence-corrected chi connectivity index (χ2v) is 11.3. The average molecular weight is 597 g/mol. The molecule has 0 spiro atoms. The fourth-order valence-corrected chi connectivity index (χ4v) is 5.99. The average Bonchev–Trinajstić information content (AvgIpc) is 3.02. The molecule has 42 heavy (non-hydrogen) atoms. The van der Waals surface area contributed by atoms with Gasteiger partial charge >= 0.3 is 0 Å². The first kappa shape index (κ1) is 27.8. The molecule has 8 heteroatoms. The molecule has 2 heterocycles. The summed E-state index contributed by atoms with van der Waals surface area (Å²) >= 11 is 12.6. The summed E-state index contributed by atoms with van der Waals surface area (Å²) in [5.74, 6) is -0.856. The molecule has 1 aliphatic rings. The van der Waals surface area contributed by atoms with Gasteiger partial charge in [-0.25, -0.2) is 0 Å². The summed E-state index contributed by atoms with van der Waals surface area (Å²) < 4.78 is 0. The van der Waals surface area contributed by atoms with Crippen molar-refractivity contribution < 1.29 is 9.59 Å². The van der Waals surface area contributed by atoms with Gasteiger partial charge in [-0.05, 0) is 54.8 Å². The minimum Gasteiger partial charge on any atom is -0.366 e. The van der Waals surface area contributed by atoms with Gasteiger partial charge in [0.05, 0.1) is 11.6 Å². The van der Waals surface area contributed by atoms with Crippen LogP contribution in [0.2, 0.25) is 10.0 Å². The van der Waals surface area contributed by atoms with E-state index in [-0.39, 0.29) is 17.2 Å². The summed E-state index contributed by atoms with van der Waals surface area (Å²) in [5.41, 5.74) is 3.88. The van der Waals surface area contributed by atoms with E-state index >= 15 is 0 Å². The highest BCUT2D eigenvalue weighted by Crippen LogP contribution is 2.37. The van der Waals surface area contributed by atoms with Gasteiger partial charge in [0.15, 0.2) is 5.78 Å². The fraction of sp³-hybridized carbons (Fsp3) is 0.147. The van der Waals surface area contributed by atoms with Crippen LogP contribution in [0.4, 0.5) is 11.4 Å². The van der Waals surface area contributed by atoms with Gasteiger partial charge in [-0.3, -0.25) is 14.4 Å². The monoisotopic (exact) mass is 595 g/mol. The van der Waals surface area contributed by atoms with Crippen LogP contribution < -0.4 is 15.8 Å². The second kappa shape index (κ2) is 11.8. The Morgan fingerprint density at radius 1 is 0.857 bits per heavy atom. The van der Waals surface area contributed by atoms with E-state index in [0.717, 1.165) is 22.9 Å². The number of fused-ring (bicyclic) bond motifs is 1. The zero-order chi connectivity index (χ0) is 29.2. The lowest BCUT2D eigenvalue weighted by Crippen LogP contribution is -2.43. The van der Waals surface area contributed by atoms with Crippen LogP contribution in [0.3, 0.4) is 0 Å². The number of benzene rings is 4. The minimum atomic E-state index is -0.410. The first-order valence-electron chi connectivity index (χ1n) is 13.7. The fourth-order valence-electron chi connectivity index (χ4n) is 5.64. The second-order valence-electron chi connectivity index (χ2n) is 10.4. The van der Waals surface area contributed by atoms with Gasteiger partial charge in [0, 0.05) is 50.7 Å². The number of nitrogens with one attached hydrogen (secondary N) is 2. The maximum atomic E-state index is 13.7. The topological polar surface area (TPSA) is 82.3 Å². The lowest BCUT2D eigenvalue weighted by Gasteiger charge is -2.34. The molecule has 2 N–H and O–H groups in total. The minimum absolute atomic E-state index is 0.217. The number of rotatable bonds is 6. The number of nitrogens with zero attached hydrogens (tertiary/aromatic N) is 1. The molecule has 0 saturated carbocycles. The quantitative estimate of drug-likeness (QED) is 0.198. The normalized spacial score (nSPS) is 15.0. The number of hydrogen-bond acceptors (Lipinski definition) is 4. The predicted octanol–water partition coefficient (Wildman–Crippen LogP) is 7.59. The van der Waals surface area contributed by atoms with Gasteiger partial charge in [-0.1, -0.05) is 83.9 Å². The van der Waals surface area contributed by atoms with Crippen LogP contribution in [-0.4, -0.2) is 29.8 Å². The molecule has 1 fully saturated rings. The van der Waals surface area contributed by atoms with E-state index in [1.807, 2.05) is 53.4 Å². The number of hydrogen-bond donors (Lipinski definition) is 2. The number of piperidine rings is 1. The Morgan fingerprint density at radius 3 is 2.31 bits per heavy atom. The van der Waals surface area contributed by atoms with Crippen LogP contribution in [-0.2, 0) is 4.79 Å². The summed E-state index contributed by atoms with van der Waals surface area (Å²) in [6, 6.07) is 28.9. The number of carbonyl (C=O) groups is 2. The molecule has 1 aliphatic heterocycles. The van der Waals surface area contributed by atoms with E-state index < -0.39 is 5.92 Å². The Morgan fingerprint density at radius 2 is 1.55 bits per heavy atom. The molecule has 4 aromatic carbocycles. The summed E-state index contributed by atoms with van der Waals surface area (Å²) in [7, 11) is 0. The van der Waals surface area contributed by atoms with Gasteiger partial charge in [0.1, 0.15) is 5.69 Å². The lowest BCUT2D eigenvalue weighted by molar-refractivity contribution is -0.120. The number of amides is 1. The maximum absolute atomic E-state index is 13.7. The van der Waals surface area contributed by atoms with Crippen LogP contribution in [0.1, 0.15) is 28.8 Å². The van der Waals surface area contributed by atoms with Gasteiger partial charge in [0.2, 0.25) is 5.91 Å². The lowest BCUT2D eigenvalue weighted by atomic mass is 9.93. The number of aromatic amines is 1. The van der Waals surface area contributed by atoms with Gasteiger partial charge in [-0.2, -0.15) is 0 Å². The Kier molecular flexibility index (Phi) is 7.83. The number of pyridine rings is 1. The van der Waals surface area contributed by atoms with E-state index in [1.165, 1.54) is 0 Å². The van der Waals surface area contributed by atoms with Crippen LogP contribution in [0, 0.1) is 5.92 Å². The first-order chi connectivity index (χ1) is 20.4. The highest BCUT2D eigenvalue weighted by molar-refractivity contribution is 6.32. The molecule has 1 aromatic heterocycles. The SMILES string of the molecule is O=C(c1ccccc1)c1cc(Cl)ccc1NC(=O)[C@@H]1CCCN(c2c(-c3ccccc3)c3cc(Cl)ccc3[nH]c2=O)C1. The zero-order valence-electron chi connectivity index (χ0n) is 22.6. The zero-order valence-corrected chi connectivity index (χ0v) is 24.1. The van der Waals surface area contributed by atoms with E-state index in [2.05, 4.69) is 10.3 Å². The number of H-pyrrole nitrogens is 1. The van der Waals surface area contributed by atoms with Crippen molar-refractivity contribution in [2.45, 2.75) is 12.8 Å². The highest BCUT2D eigenvalue weighted by atomic mass is 35.5. The molecule has 210 valence electrons. The number of ketones is 1. The summed E-state index contributed by atoms with van der Waals surface area (Å²) in [5, 5.41) is 4.78. The molecule has 6 rings (SSSR count). The van der Waals surface area contributed by atoms with Gasteiger partial charge < -0.3 is 15.2 Å². The molecule has 1 saturated heterocycles. The molecule has 0 unspecified atom stereocenters. The third-order valence-electron chi connectivity index (χ3n) is 7.64. The van der Waals surface area contributed by atoms with E-state index in [0.29, 0.717) is 57.6 Å². The largest absolute Gasteiger partial charge is 0.366 e. The first-order valence-corrected chi connectivity index (χ1v) is 14.5. The molecule has 0 radical (unpaired) electrons. The van der Waals surface area contributed by atoms with Crippen molar-refractivity contribution >= 4 is 57.2 Å². The van der Waals surface area contributed by atoms with Crippen molar-refractivity contribution in [2.75, 3.05) is 23.3 Å². The number of aromatic nitrogens is 1. The Hall–Kier alpha value is -4.39. The van der Waals surface area contributed by atoms with Crippen LogP contribution >= 0.6 is 23.2 Å². The third-order valence-corrected chi connectivity index (χ3v) is 8.11. The van der Waals surface area contributed by atoms with Crippen molar-refractivity contribution in [3.63, 3.8) is 0 Å². The van der Waals surface area contributed by atoms with Gasteiger partial charge in [-0.15, -0.1) is 0 Å².